The molecular weight excluding hydrogens is 288 g/mol. The van der Waals surface area contributed by atoms with Crippen molar-refractivity contribution < 1.29 is 4.79 Å². The normalized spacial score (nSPS) is 10.7. The molecule has 3 N–H and O–H groups in total. The molecule has 1 aromatic heterocycles. The molecule has 124 valence electrons. The number of carbonyl (C=O) groups excluding carboxylic acids is 1. The number of anilines is 1. The lowest BCUT2D eigenvalue weighted by molar-refractivity contribution is -0.116. The first-order valence-electron chi connectivity index (χ1n) is 8.22. The number of rotatable bonds is 8. The number of hydrogen-bond acceptors (Lipinski definition) is 3. The van der Waals surface area contributed by atoms with Crippen LogP contribution in [-0.2, 0) is 11.8 Å². The van der Waals surface area contributed by atoms with Crippen LogP contribution in [0.5, 0.6) is 0 Å². The summed E-state index contributed by atoms with van der Waals surface area (Å²) in [4.78, 5) is 12.0. The summed E-state index contributed by atoms with van der Waals surface area (Å²) in [6.07, 6.45) is 4.60. The third-order valence-corrected chi connectivity index (χ3v) is 3.93. The lowest BCUT2D eigenvalue weighted by atomic mass is 10.1. The van der Waals surface area contributed by atoms with Crippen LogP contribution in [0.4, 0.5) is 5.82 Å². The van der Waals surface area contributed by atoms with Crippen molar-refractivity contribution in [3.63, 3.8) is 0 Å². The van der Waals surface area contributed by atoms with E-state index in [4.69, 9.17) is 5.73 Å². The summed E-state index contributed by atoms with van der Waals surface area (Å²) in [5.74, 6) is 0.771. The minimum atomic E-state index is 0.0390. The Labute approximate surface area is 137 Å². The predicted octanol–water partition coefficient (Wildman–Crippen LogP) is 3.24. The van der Waals surface area contributed by atoms with Gasteiger partial charge < -0.3 is 11.1 Å². The van der Waals surface area contributed by atoms with Crippen LogP contribution >= 0.6 is 0 Å². The number of amides is 1. The quantitative estimate of drug-likeness (QED) is 0.735. The van der Waals surface area contributed by atoms with Crippen LogP contribution in [0.2, 0.25) is 0 Å². The van der Waals surface area contributed by atoms with Crippen molar-refractivity contribution in [2.75, 3.05) is 11.9 Å². The first-order valence-corrected chi connectivity index (χ1v) is 8.22. The molecule has 0 bridgehead atoms. The molecule has 0 spiro atoms. The minimum Gasteiger partial charge on any atom is -0.330 e. The van der Waals surface area contributed by atoms with Gasteiger partial charge in [-0.05, 0) is 31.9 Å². The standard InChI is InChI=1S/C18H26N4O/c1-14-9-6-7-10-15(14)16-13-17(22(2)21-16)20-18(23)11-5-3-4-8-12-19/h6-7,9-10,13H,3-5,8,11-12,19H2,1-2H3,(H,20,23). The summed E-state index contributed by atoms with van der Waals surface area (Å²) >= 11 is 0. The van der Waals surface area contributed by atoms with E-state index in [9.17, 15) is 4.79 Å². The van der Waals surface area contributed by atoms with Crippen LogP contribution in [0.3, 0.4) is 0 Å². The fraction of sp³-hybridized carbons (Fsp3) is 0.444. The Hall–Kier alpha value is -2.14. The van der Waals surface area contributed by atoms with E-state index in [1.807, 2.05) is 31.3 Å². The number of nitrogens with zero attached hydrogens (tertiary/aromatic N) is 2. The summed E-state index contributed by atoms with van der Waals surface area (Å²) < 4.78 is 1.72. The molecule has 0 radical (unpaired) electrons. The van der Waals surface area contributed by atoms with Crippen LogP contribution in [0.1, 0.15) is 37.7 Å². The maximum atomic E-state index is 12.0. The molecule has 0 aliphatic carbocycles. The Bertz CT molecular complexity index is 648. The topological polar surface area (TPSA) is 72.9 Å². The number of aromatic nitrogens is 2. The summed E-state index contributed by atoms with van der Waals surface area (Å²) in [5.41, 5.74) is 8.60. The highest BCUT2D eigenvalue weighted by Crippen LogP contribution is 2.24. The second-order valence-corrected chi connectivity index (χ2v) is 5.85. The Morgan fingerprint density at radius 2 is 1.96 bits per heavy atom. The number of nitrogens with two attached hydrogens (primary N) is 1. The van der Waals surface area contributed by atoms with Crippen molar-refractivity contribution in [3.8, 4) is 11.3 Å². The second-order valence-electron chi connectivity index (χ2n) is 5.85. The van der Waals surface area contributed by atoms with Crippen molar-refractivity contribution in [3.05, 3.63) is 35.9 Å². The van der Waals surface area contributed by atoms with Gasteiger partial charge in [-0.1, -0.05) is 37.1 Å². The summed E-state index contributed by atoms with van der Waals surface area (Å²) in [6.45, 7) is 2.78. The Morgan fingerprint density at radius 1 is 1.22 bits per heavy atom. The number of nitrogens with one attached hydrogen (secondary N) is 1. The SMILES string of the molecule is Cc1ccccc1-c1cc(NC(=O)CCCCCCN)n(C)n1. The van der Waals surface area contributed by atoms with Crippen LogP contribution in [-0.4, -0.2) is 22.2 Å². The van der Waals surface area contributed by atoms with E-state index in [-0.39, 0.29) is 5.91 Å². The van der Waals surface area contributed by atoms with Gasteiger partial charge in [0.05, 0.1) is 5.69 Å². The average molecular weight is 314 g/mol. The maximum absolute atomic E-state index is 12.0. The Kier molecular flexibility index (Phi) is 6.35. The van der Waals surface area contributed by atoms with Gasteiger partial charge in [0.1, 0.15) is 5.82 Å². The molecule has 0 saturated carbocycles. The molecule has 0 aliphatic rings. The zero-order chi connectivity index (χ0) is 16.7. The lowest BCUT2D eigenvalue weighted by Gasteiger charge is -2.04. The first kappa shape index (κ1) is 17.2. The highest BCUT2D eigenvalue weighted by molar-refractivity contribution is 5.90. The van der Waals surface area contributed by atoms with Gasteiger partial charge in [0.25, 0.3) is 0 Å². The Balaban J connectivity index is 1.94. The van der Waals surface area contributed by atoms with Gasteiger partial charge in [-0.15, -0.1) is 0 Å². The minimum absolute atomic E-state index is 0.0390. The van der Waals surface area contributed by atoms with Gasteiger partial charge in [-0.2, -0.15) is 5.10 Å². The lowest BCUT2D eigenvalue weighted by Crippen LogP contribution is -2.13. The van der Waals surface area contributed by atoms with Gasteiger partial charge in [0, 0.05) is 25.1 Å². The number of aryl methyl sites for hydroxylation is 2. The van der Waals surface area contributed by atoms with Crippen molar-refractivity contribution in [2.24, 2.45) is 12.8 Å². The van der Waals surface area contributed by atoms with E-state index < -0.39 is 0 Å². The van der Waals surface area contributed by atoms with Crippen LogP contribution in [0.15, 0.2) is 30.3 Å². The first-order chi connectivity index (χ1) is 11.1. The molecule has 1 heterocycles. The number of hydrogen-bond donors (Lipinski definition) is 2. The zero-order valence-corrected chi connectivity index (χ0v) is 14.0. The molecule has 0 atom stereocenters. The van der Waals surface area contributed by atoms with E-state index in [1.165, 1.54) is 5.56 Å². The van der Waals surface area contributed by atoms with E-state index >= 15 is 0 Å². The molecule has 23 heavy (non-hydrogen) atoms. The molecule has 0 fully saturated rings. The van der Waals surface area contributed by atoms with Gasteiger partial charge in [-0.25, -0.2) is 0 Å². The fourth-order valence-electron chi connectivity index (χ4n) is 2.56. The van der Waals surface area contributed by atoms with E-state index in [1.54, 1.807) is 4.68 Å². The monoisotopic (exact) mass is 314 g/mol. The highest BCUT2D eigenvalue weighted by Gasteiger charge is 2.11. The molecule has 0 unspecified atom stereocenters. The number of carbonyl (C=O) groups is 1. The molecule has 2 aromatic rings. The molecule has 1 aromatic carbocycles. The molecule has 0 aliphatic heterocycles. The summed E-state index contributed by atoms with van der Waals surface area (Å²) in [5, 5.41) is 7.45. The fourth-order valence-corrected chi connectivity index (χ4v) is 2.56. The van der Waals surface area contributed by atoms with Gasteiger partial charge >= 0.3 is 0 Å². The van der Waals surface area contributed by atoms with Crippen molar-refractivity contribution in [1.82, 2.24) is 9.78 Å². The highest BCUT2D eigenvalue weighted by atomic mass is 16.1. The van der Waals surface area contributed by atoms with Crippen molar-refractivity contribution in [1.29, 1.82) is 0 Å². The molecule has 5 heteroatoms. The van der Waals surface area contributed by atoms with Crippen LogP contribution in [0, 0.1) is 6.92 Å². The van der Waals surface area contributed by atoms with E-state index in [2.05, 4.69) is 23.4 Å². The third kappa shape index (κ3) is 4.93. The summed E-state index contributed by atoms with van der Waals surface area (Å²) in [7, 11) is 1.85. The van der Waals surface area contributed by atoms with Gasteiger partial charge in [-0.3, -0.25) is 9.48 Å². The number of unbranched alkanes of at least 4 members (excludes halogenated alkanes) is 3. The third-order valence-electron chi connectivity index (χ3n) is 3.93. The Morgan fingerprint density at radius 3 is 2.70 bits per heavy atom. The van der Waals surface area contributed by atoms with E-state index in [0.29, 0.717) is 6.42 Å². The summed E-state index contributed by atoms with van der Waals surface area (Å²) in [6, 6.07) is 10.0. The van der Waals surface area contributed by atoms with Gasteiger partial charge in [0.15, 0.2) is 0 Å². The van der Waals surface area contributed by atoms with Crippen molar-refractivity contribution >= 4 is 11.7 Å². The molecule has 0 saturated heterocycles. The second kappa shape index (κ2) is 8.48. The average Bonchev–Trinajstić information content (AvgIpc) is 2.88. The van der Waals surface area contributed by atoms with Gasteiger partial charge in [0.2, 0.25) is 5.91 Å². The number of benzene rings is 1. The van der Waals surface area contributed by atoms with Crippen LogP contribution in [0.25, 0.3) is 11.3 Å². The molecule has 2 rings (SSSR count). The molecular formula is C18H26N4O. The molecule has 5 nitrogen and oxygen atoms in total. The predicted molar refractivity (Wildman–Crippen MR) is 94.2 cm³/mol. The largest absolute Gasteiger partial charge is 0.330 e. The maximum Gasteiger partial charge on any atom is 0.225 e. The van der Waals surface area contributed by atoms with Crippen LogP contribution < -0.4 is 11.1 Å². The van der Waals surface area contributed by atoms with Crippen molar-refractivity contribution in [2.45, 2.75) is 39.0 Å². The zero-order valence-electron chi connectivity index (χ0n) is 14.0. The van der Waals surface area contributed by atoms with E-state index in [0.717, 1.165) is 49.3 Å². The molecule has 1 amide bonds. The smallest absolute Gasteiger partial charge is 0.225 e.